The van der Waals surface area contributed by atoms with Crippen molar-refractivity contribution in [3.8, 4) is 5.88 Å². The lowest BCUT2D eigenvalue weighted by Crippen LogP contribution is -2.39. The lowest BCUT2D eigenvalue weighted by Gasteiger charge is -2.33. The van der Waals surface area contributed by atoms with Crippen molar-refractivity contribution >= 4 is 27.6 Å². The fourth-order valence-electron chi connectivity index (χ4n) is 2.98. The van der Waals surface area contributed by atoms with Gasteiger partial charge in [0.25, 0.3) is 0 Å². The first-order chi connectivity index (χ1) is 11.1. The van der Waals surface area contributed by atoms with Crippen LogP contribution in [0.5, 0.6) is 5.88 Å². The summed E-state index contributed by atoms with van der Waals surface area (Å²) >= 11 is 3.25. The molecule has 0 saturated carbocycles. The third-order valence-corrected chi connectivity index (χ3v) is 6.26. The topological polar surface area (TPSA) is 62.9 Å². The molecule has 0 aliphatic carbocycles. The fourth-order valence-corrected chi connectivity index (χ4v) is 5.26. The highest BCUT2D eigenvalue weighted by atomic mass is 32.1. The highest BCUT2D eigenvalue weighted by Gasteiger charge is 2.32. The molecule has 122 valence electrons. The minimum absolute atomic E-state index is 0.0349. The molecule has 1 N–H and O–H groups in total. The number of hydrogen-bond acceptors (Lipinski definition) is 7. The Morgan fingerprint density at radius 3 is 2.70 bits per heavy atom. The molecule has 4 heterocycles. The van der Waals surface area contributed by atoms with E-state index in [0.29, 0.717) is 5.82 Å². The van der Waals surface area contributed by atoms with E-state index in [4.69, 9.17) is 4.74 Å². The van der Waals surface area contributed by atoms with Crippen molar-refractivity contribution in [2.24, 2.45) is 0 Å². The second kappa shape index (κ2) is 5.86. The lowest BCUT2D eigenvalue weighted by atomic mass is 10.1. The summed E-state index contributed by atoms with van der Waals surface area (Å²) < 4.78 is 7.04. The number of thiophene rings is 1. The van der Waals surface area contributed by atoms with E-state index in [-0.39, 0.29) is 11.9 Å². The standard InChI is InChI=1S/C15H18N4O2S2/c1-9-3-8-22-12(9)11(18-4-6-21-7-5-18)13-14(20)19-15(23-13)16-10(2)17-19/h3,8,11,20H,4-7H2,1-2H3. The zero-order chi connectivity index (χ0) is 16.0. The van der Waals surface area contributed by atoms with E-state index in [2.05, 4.69) is 33.4 Å². The molecule has 1 atom stereocenters. The highest BCUT2D eigenvalue weighted by molar-refractivity contribution is 7.17. The van der Waals surface area contributed by atoms with E-state index in [1.54, 1.807) is 15.9 Å². The molecule has 8 heteroatoms. The smallest absolute Gasteiger partial charge is 0.230 e. The van der Waals surface area contributed by atoms with E-state index in [1.165, 1.54) is 21.8 Å². The number of rotatable bonds is 3. The molecule has 0 bridgehead atoms. The first kappa shape index (κ1) is 15.1. The SMILES string of the molecule is Cc1nc2sc(C(c3sccc3C)N3CCOCC3)c(O)n2n1. The van der Waals surface area contributed by atoms with Crippen LogP contribution >= 0.6 is 22.7 Å². The number of ether oxygens (including phenoxy) is 1. The molecular formula is C15H18N4O2S2. The first-order valence-corrected chi connectivity index (χ1v) is 9.25. The van der Waals surface area contributed by atoms with Gasteiger partial charge in [-0.25, -0.2) is 4.98 Å². The third kappa shape index (κ3) is 2.55. The Bertz CT molecular complexity index is 832. The van der Waals surface area contributed by atoms with Gasteiger partial charge in [-0.15, -0.1) is 16.4 Å². The molecule has 1 aliphatic heterocycles. The van der Waals surface area contributed by atoms with Crippen LogP contribution in [0.3, 0.4) is 0 Å². The lowest BCUT2D eigenvalue weighted by molar-refractivity contribution is 0.0246. The molecule has 1 aliphatic rings. The number of hydrogen-bond donors (Lipinski definition) is 1. The number of fused-ring (bicyclic) bond motifs is 1. The van der Waals surface area contributed by atoms with Gasteiger partial charge in [-0.05, 0) is 30.9 Å². The van der Waals surface area contributed by atoms with Gasteiger partial charge in [0.1, 0.15) is 5.82 Å². The quantitative estimate of drug-likeness (QED) is 0.787. The molecule has 0 radical (unpaired) electrons. The Labute approximate surface area is 142 Å². The molecule has 4 rings (SSSR count). The van der Waals surface area contributed by atoms with Gasteiger partial charge in [0, 0.05) is 18.0 Å². The average molecular weight is 350 g/mol. The van der Waals surface area contributed by atoms with Crippen LogP contribution in [0.15, 0.2) is 11.4 Å². The molecular weight excluding hydrogens is 332 g/mol. The molecule has 3 aromatic heterocycles. The van der Waals surface area contributed by atoms with Gasteiger partial charge in [-0.1, -0.05) is 11.3 Å². The Balaban J connectivity index is 1.84. The van der Waals surface area contributed by atoms with Gasteiger partial charge in [-0.2, -0.15) is 4.52 Å². The van der Waals surface area contributed by atoms with Crippen molar-refractivity contribution in [3.05, 3.63) is 32.6 Å². The maximum absolute atomic E-state index is 10.7. The van der Waals surface area contributed by atoms with Crippen LogP contribution in [0.2, 0.25) is 0 Å². The van der Waals surface area contributed by atoms with Crippen LogP contribution in [0.1, 0.15) is 27.2 Å². The second-order valence-electron chi connectivity index (χ2n) is 5.66. The Morgan fingerprint density at radius 1 is 1.26 bits per heavy atom. The van der Waals surface area contributed by atoms with E-state index >= 15 is 0 Å². The number of aryl methyl sites for hydroxylation is 2. The number of aromatic nitrogens is 3. The Hall–Kier alpha value is -1.48. The van der Waals surface area contributed by atoms with Crippen LogP contribution in [0, 0.1) is 13.8 Å². The molecule has 1 unspecified atom stereocenters. The summed E-state index contributed by atoms with van der Waals surface area (Å²) in [6.07, 6.45) is 0. The fraction of sp³-hybridized carbons (Fsp3) is 0.467. The summed E-state index contributed by atoms with van der Waals surface area (Å²) in [5, 5.41) is 17.1. The predicted octanol–water partition coefficient (Wildman–Crippen LogP) is 2.60. The zero-order valence-corrected chi connectivity index (χ0v) is 14.7. The van der Waals surface area contributed by atoms with Crippen molar-refractivity contribution in [1.29, 1.82) is 0 Å². The minimum Gasteiger partial charge on any atom is -0.492 e. The first-order valence-electron chi connectivity index (χ1n) is 7.56. The summed E-state index contributed by atoms with van der Waals surface area (Å²) in [5.41, 5.74) is 1.25. The van der Waals surface area contributed by atoms with E-state index in [9.17, 15) is 5.11 Å². The number of nitrogens with zero attached hydrogens (tertiary/aromatic N) is 4. The molecule has 0 aromatic carbocycles. The Kier molecular flexibility index (Phi) is 3.84. The van der Waals surface area contributed by atoms with Crippen LogP contribution in [-0.2, 0) is 4.74 Å². The van der Waals surface area contributed by atoms with Gasteiger partial charge in [0.15, 0.2) is 0 Å². The molecule has 23 heavy (non-hydrogen) atoms. The molecule has 0 spiro atoms. The van der Waals surface area contributed by atoms with Crippen LogP contribution in [0.4, 0.5) is 0 Å². The van der Waals surface area contributed by atoms with Crippen LogP contribution in [0.25, 0.3) is 4.96 Å². The summed E-state index contributed by atoms with van der Waals surface area (Å²) in [6.45, 7) is 7.12. The highest BCUT2D eigenvalue weighted by Crippen LogP contribution is 2.42. The summed E-state index contributed by atoms with van der Waals surface area (Å²) in [6, 6.07) is 2.17. The van der Waals surface area contributed by atoms with Crippen molar-refractivity contribution in [2.45, 2.75) is 19.9 Å². The molecule has 0 amide bonds. The zero-order valence-electron chi connectivity index (χ0n) is 13.0. The second-order valence-corrected chi connectivity index (χ2v) is 7.62. The van der Waals surface area contributed by atoms with Crippen molar-refractivity contribution in [3.63, 3.8) is 0 Å². The maximum atomic E-state index is 10.7. The van der Waals surface area contributed by atoms with E-state index < -0.39 is 0 Å². The molecule has 6 nitrogen and oxygen atoms in total. The van der Waals surface area contributed by atoms with E-state index in [1.807, 2.05) is 6.92 Å². The molecule has 1 saturated heterocycles. The summed E-state index contributed by atoms with van der Waals surface area (Å²) in [7, 11) is 0. The van der Waals surface area contributed by atoms with Crippen molar-refractivity contribution in [1.82, 2.24) is 19.5 Å². The minimum atomic E-state index is 0.0349. The van der Waals surface area contributed by atoms with Gasteiger partial charge in [0.05, 0.1) is 24.1 Å². The predicted molar refractivity (Wildman–Crippen MR) is 90.6 cm³/mol. The van der Waals surface area contributed by atoms with Crippen molar-refractivity contribution < 1.29 is 9.84 Å². The normalized spacial score (nSPS) is 17.8. The van der Waals surface area contributed by atoms with Crippen LogP contribution < -0.4 is 0 Å². The number of morpholine rings is 1. The summed E-state index contributed by atoms with van der Waals surface area (Å²) in [4.78, 5) is 9.69. The molecule has 1 fully saturated rings. The van der Waals surface area contributed by atoms with Gasteiger partial charge >= 0.3 is 0 Å². The van der Waals surface area contributed by atoms with Crippen LogP contribution in [-0.4, -0.2) is 50.9 Å². The summed E-state index contributed by atoms with van der Waals surface area (Å²) in [5.74, 6) is 0.878. The number of thiazole rings is 1. The average Bonchev–Trinajstić information content (AvgIpc) is 3.20. The Morgan fingerprint density at radius 2 is 2.04 bits per heavy atom. The van der Waals surface area contributed by atoms with Gasteiger partial charge in [-0.3, -0.25) is 4.90 Å². The monoisotopic (exact) mass is 350 g/mol. The largest absolute Gasteiger partial charge is 0.492 e. The van der Waals surface area contributed by atoms with Gasteiger partial charge in [0.2, 0.25) is 10.8 Å². The number of aromatic hydroxyl groups is 1. The van der Waals surface area contributed by atoms with E-state index in [0.717, 1.165) is 36.1 Å². The van der Waals surface area contributed by atoms with Crippen molar-refractivity contribution in [2.75, 3.05) is 26.3 Å². The van der Waals surface area contributed by atoms with Gasteiger partial charge < -0.3 is 9.84 Å². The maximum Gasteiger partial charge on any atom is 0.230 e. The third-order valence-electron chi connectivity index (χ3n) is 4.11. The molecule has 3 aromatic rings.